The number of anilines is 1. The molecule has 0 unspecified atom stereocenters. The van der Waals surface area contributed by atoms with Crippen molar-refractivity contribution < 1.29 is 18.0 Å². The summed E-state index contributed by atoms with van der Waals surface area (Å²) in [5, 5.41) is 10.7. The molecule has 4 rings (SSSR count). The molecule has 1 N–H and O–H groups in total. The van der Waals surface area contributed by atoms with Gasteiger partial charge in [0.25, 0.3) is 5.91 Å². The van der Waals surface area contributed by atoms with Crippen LogP contribution in [0.2, 0.25) is 0 Å². The van der Waals surface area contributed by atoms with E-state index in [-0.39, 0.29) is 17.5 Å². The molecule has 0 saturated heterocycles. The zero-order valence-corrected chi connectivity index (χ0v) is 17.1. The summed E-state index contributed by atoms with van der Waals surface area (Å²) in [7, 11) is 1.87. The largest absolute Gasteiger partial charge is 0.433 e. The highest BCUT2D eigenvalue weighted by molar-refractivity contribution is 6.03. The van der Waals surface area contributed by atoms with Crippen molar-refractivity contribution in [3.8, 4) is 0 Å². The van der Waals surface area contributed by atoms with Crippen LogP contribution >= 0.6 is 0 Å². The van der Waals surface area contributed by atoms with Crippen molar-refractivity contribution in [3.05, 3.63) is 71.1 Å². The Balaban J connectivity index is 1.53. The van der Waals surface area contributed by atoms with Gasteiger partial charge >= 0.3 is 6.18 Å². The fourth-order valence-electron chi connectivity index (χ4n) is 3.47. The van der Waals surface area contributed by atoms with E-state index in [4.69, 9.17) is 0 Å². The molecule has 2 heterocycles. The second-order valence-electron chi connectivity index (χ2n) is 7.99. The quantitative estimate of drug-likeness (QED) is 0.616. The summed E-state index contributed by atoms with van der Waals surface area (Å²) >= 11 is 0. The zero-order chi connectivity index (χ0) is 22.2. The first kappa shape index (κ1) is 21.0. The molecule has 3 aromatic rings. The van der Waals surface area contributed by atoms with Gasteiger partial charge < -0.3 is 9.88 Å². The van der Waals surface area contributed by atoms with Crippen molar-refractivity contribution in [2.75, 3.05) is 5.32 Å². The summed E-state index contributed by atoms with van der Waals surface area (Å²) in [5.74, 6) is 0.349. The Morgan fingerprint density at radius 1 is 1.26 bits per heavy atom. The lowest BCUT2D eigenvalue weighted by Crippen LogP contribution is -2.18. The van der Waals surface area contributed by atoms with E-state index in [2.05, 4.69) is 20.5 Å². The minimum atomic E-state index is -4.60. The highest BCUT2D eigenvalue weighted by atomic mass is 19.4. The van der Waals surface area contributed by atoms with Crippen LogP contribution in [0, 0.1) is 0 Å². The minimum Gasteiger partial charge on any atom is -0.321 e. The molecule has 6 nitrogen and oxygen atoms in total. The van der Waals surface area contributed by atoms with Gasteiger partial charge in [0.05, 0.1) is 0 Å². The number of halogens is 3. The molecule has 9 heteroatoms. The highest BCUT2D eigenvalue weighted by Gasteiger charge is 2.35. The van der Waals surface area contributed by atoms with Gasteiger partial charge in [0.1, 0.15) is 23.5 Å². The van der Waals surface area contributed by atoms with Crippen LogP contribution in [0.3, 0.4) is 0 Å². The molecule has 1 aliphatic carbocycles. The topological polar surface area (TPSA) is 72.7 Å². The zero-order valence-electron chi connectivity index (χ0n) is 17.1. The molecule has 1 atom stereocenters. The molecule has 1 fully saturated rings. The van der Waals surface area contributed by atoms with Crippen LogP contribution in [0.15, 0.2) is 42.7 Å². The lowest BCUT2D eigenvalue weighted by molar-refractivity contribution is -0.141. The van der Waals surface area contributed by atoms with E-state index in [1.54, 1.807) is 18.5 Å². The summed E-state index contributed by atoms with van der Waals surface area (Å²) in [6, 6.07) is 9.75. The first-order valence-electron chi connectivity index (χ1n) is 10.0. The summed E-state index contributed by atoms with van der Waals surface area (Å²) in [4.78, 5) is 16.3. The molecule has 0 bridgehead atoms. The van der Waals surface area contributed by atoms with Crippen LogP contribution in [0.1, 0.15) is 64.7 Å². The number of rotatable bonds is 6. The second-order valence-corrected chi connectivity index (χ2v) is 7.99. The number of pyridine rings is 1. The van der Waals surface area contributed by atoms with E-state index in [0.29, 0.717) is 17.7 Å². The number of hydrogen-bond acceptors (Lipinski definition) is 4. The van der Waals surface area contributed by atoms with E-state index in [0.717, 1.165) is 30.3 Å². The third-order valence-electron chi connectivity index (χ3n) is 5.43. The first-order valence-corrected chi connectivity index (χ1v) is 10.0. The van der Waals surface area contributed by atoms with Crippen LogP contribution in [-0.2, 0) is 19.6 Å². The lowest BCUT2D eigenvalue weighted by Gasteiger charge is -2.14. The third-order valence-corrected chi connectivity index (χ3v) is 5.43. The third kappa shape index (κ3) is 4.92. The van der Waals surface area contributed by atoms with Crippen molar-refractivity contribution in [3.63, 3.8) is 0 Å². The van der Waals surface area contributed by atoms with Crippen molar-refractivity contribution in [1.82, 2.24) is 19.7 Å². The van der Waals surface area contributed by atoms with E-state index in [1.807, 2.05) is 30.7 Å². The summed E-state index contributed by atoms with van der Waals surface area (Å²) in [5.41, 5.74) is 0.719. The van der Waals surface area contributed by atoms with E-state index < -0.39 is 17.8 Å². The van der Waals surface area contributed by atoms with Crippen molar-refractivity contribution in [1.29, 1.82) is 0 Å². The number of carbonyl (C=O) groups is 1. The van der Waals surface area contributed by atoms with Crippen LogP contribution in [0.25, 0.3) is 0 Å². The fraction of sp³-hybridized carbons (Fsp3) is 0.364. The number of aryl methyl sites for hydroxylation is 1. The highest BCUT2D eigenvalue weighted by Crippen LogP contribution is 2.42. The maximum atomic E-state index is 13.2. The number of alkyl halides is 3. The fourth-order valence-corrected chi connectivity index (χ4v) is 3.47. The molecule has 1 amide bonds. The second kappa shape index (κ2) is 8.13. The maximum Gasteiger partial charge on any atom is 0.433 e. The maximum absolute atomic E-state index is 13.2. The normalized spacial score (nSPS) is 15.0. The van der Waals surface area contributed by atoms with Gasteiger partial charge in [0, 0.05) is 19.2 Å². The molecule has 1 aliphatic rings. The van der Waals surface area contributed by atoms with E-state index in [1.165, 1.54) is 6.07 Å². The van der Waals surface area contributed by atoms with Gasteiger partial charge in [-0.25, -0.2) is 4.98 Å². The van der Waals surface area contributed by atoms with E-state index in [9.17, 15) is 18.0 Å². The number of nitrogens with zero attached hydrogens (tertiary/aromatic N) is 4. The lowest BCUT2D eigenvalue weighted by atomic mass is 9.97. The molecule has 162 valence electrons. The Hall–Kier alpha value is -3.23. The number of carbonyl (C=O) groups excluding carboxylic acids is 1. The molecular weight excluding hydrogens is 407 g/mol. The SMILES string of the molecule is C[C@@H](Cc1nncn1C)c1cccc(NC(=O)c2cc(C3CC3)cc(C(F)(F)F)n2)c1. The van der Waals surface area contributed by atoms with Crippen LogP contribution in [0.5, 0.6) is 0 Å². The van der Waals surface area contributed by atoms with Crippen molar-refractivity contribution in [2.45, 2.75) is 44.2 Å². The van der Waals surface area contributed by atoms with Crippen LogP contribution in [0.4, 0.5) is 18.9 Å². The molecular formula is C22H22F3N5O. The van der Waals surface area contributed by atoms with Gasteiger partial charge in [-0.15, -0.1) is 10.2 Å². The Morgan fingerprint density at radius 2 is 2.03 bits per heavy atom. The summed E-state index contributed by atoms with van der Waals surface area (Å²) in [6.45, 7) is 2.03. The van der Waals surface area contributed by atoms with Crippen LogP contribution < -0.4 is 5.32 Å². The smallest absolute Gasteiger partial charge is 0.321 e. The van der Waals surface area contributed by atoms with Gasteiger partial charge in [-0.05, 0) is 60.1 Å². The average Bonchev–Trinajstić information content (AvgIpc) is 3.51. The van der Waals surface area contributed by atoms with Gasteiger partial charge in [-0.2, -0.15) is 13.2 Å². The molecule has 31 heavy (non-hydrogen) atoms. The standard InChI is InChI=1S/C22H22F3N5O/c1-13(8-20-29-26-12-30(20)2)15-4-3-5-17(9-15)27-21(31)18-10-16(14-6-7-14)11-19(28-18)22(23,24)25/h3-5,9-14H,6-8H2,1-2H3,(H,27,31)/t13-/m0/s1. The Morgan fingerprint density at radius 3 is 2.68 bits per heavy atom. The van der Waals surface area contributed by atoms with Gasteiger partial charge in [0.2, 0.25) is 0 Å². The molecule has 2 aromatic heterocycles. The predicted octanol–water partition coefficient (Wildman–Crippen LogP) is 4.70. The van der Waals surface area contributed by atoms with E-state index >= 15 is 0 Å². The van der Waals surface area contributed by atoms with Crippen molar-refractivity contribution >= 4 is 11.6 Å². The average molecular weight is 429 g/mol. The molecule has 1 saturated carbocycles. The molecule has 1 aromatic carbocycles. The van der Waals surface area contributed by atoms with Gasteiger partial charge in [0.15, 0.2) is 0 Å². The Labute approximate surface area is 177 Å². The summed E-state index contributed by atoms with van der Waals surface area (Å²) < 4.78 is 41.6. The Kier molecular flexibility index (Phi) is 5.51. The van der Waals surface area contributed by atoms with Gasteiger partial charge in [-0.1, -0.05) is 19.1 Å². The minimum absolute atomic E-state index is 0.0699. The monoisotopic (exact) mass is 429 g/mol. The predicted molar refractivity (Wildman–Crippen MR) is 109 cm³/mol. The molecule has 0 radical (unpaired) electrons. The molecule has 0 aliphatic heterocycles. The summed E-state index contributed by atoms with van der Waals surface area (Å²) in [6.07, 6.45) is -0.652. The van der Waals surface area contributed by atoms with Gasteiger partial charge in [-0.3, -0.25) is 4.79 Å². The van der Waals surface area contributed by atoms with Crippen molar-refractivity contribution in [2.24, 2.45) is 7.05 Å². The van der Waals surface area contributed by atoms with Crippen LogP contribution in [-0.4, -0.2) is 25.7 Å². The number of amides is 1. The number of nitrogens with one attached hydrogen (secondary N) is 1. The Bertz CT molecular complexity index is 1100. The molecule has 0 spiro atoms. The number of benzene rings is 1. The first-order chi connectivity index (χ1) is 14.7. The number of hydrogen-bond donors (Lipinski definition) is 1. The number of aromatic nitrogens is 4.